The van der Waals surface area contributed by atoms with E-state index in [4.69, 9.17) is 11.6 Å². The standard InChI is InChI=1S/C18H17ClN2O2/c1-11-3-6-13(7-4-11)17-10-15(18(22)23)20-21(17)16-8-5-12(2)9-14(16)19/h3-9,17H,10H2,1-2H3,(H,22,23). The zero-order chi connectivity index (χ0) is 16.6. The van der Waals surface area contributed by atoms with Gasteiger partial charge in [0.25, 0.3) is 0 Å². The van der Waals surface area contributed by atoms with E-state index in [0.717, 1.165) is 22.4 Å². The van der Waals surface area contributed by atoms with Crippen molar-refractivity contribution in [3.63, 3.8) is 0 Å². The highest BCUT2D eigenvalue weighted by Crippen LogP contribution is 2.39. The lowest BCUT2D eigenvalue weighted by Gasteiger charge is -2.25. The smallest absolute Gasteiger partial charge is 0.352 e. The molecule has 1 N–H and O–H groups in total. The fourth-order valence-electron chi connectivity index (χ4n) is 2.71. The second-order valence-corrected chi connectivity index (χ2v) is 6.19. The molecule has 1 unspecified atom stereocenters. The maximum Gasteiger partial charge on any atom is 0.352 e. The zero-order valence-electron chi connectivity index (χ0n) is 13.0. The number of hydrogen-bond donors (Lipinski definition) is 1. The summed E-state index contributed by atoms with van der Waals surface area (Å²) in [5.74, 6) is -0.993. The van der Waals surface area contributed by atoms with Gasteiger partial charge in [0, 0.05) is 6.42 Å². The molecule has 0 saturated heterocycles. The van der Waals surface area contributed by atoms with E-state index >= 15 is 0 Å². The van der Waals surface area contributed by atoms with Crippen molar-refractivity contribution in [1.29, 1.82) is 0 Å². The normalized spacial score (nSPS) is 17.3. The summed E-state index contributed by atoms with van der Waals surface area (Å²) >= 11 is 6.36. The first-order chi connectivity index (χ1) is 11.0. The van der Waals surface area contributed by atoms with Gasteiger partial charge in [0.1, 0.15) is 5.71 Å². The van der Waals surface area contributed by atoms with E-state index in [2.05, 4.69) is 5.10 Å². The van der Waals surface area contributed by atoms with Crippen molar-refractivity contribution in [1.82, 2.24) is 0 Å². The molecular formula is C18H17ClN2O2. The minimum atomic E-state index is -0.993. The van der Waals surface area contributed by atoms with Crippen molar-refractivity contribution in [2.75, 3.05) is 5.01 Å². The first-order valence-corrected chi connectivity index (χ1v) is 7.76. The average molecular weight is 329 g/mol. The zero-order valence-corrected chi connectivity index (χ0v) is 13.7. The van der Waals surface area contributed by atoms with Gasteiger partial charge in [0.15, 0.2) is 0 Å². The number of rotatable bonds is 3. The van der Waals surface area contributed by atoms with Gasteiger partial charge < -0.3 is 5.11 Å². The van der Waals surface area contributed by atoms with Crippen molar-refractivity contribution >= 4 is 29.0 Å². The van der Waals surface area contributed by atoms with Crippen LogP contribution in [0.15, 0.2) is 47.6 Å². The highest BCUT2D eigenvalue weighted by molar-refractivity contribution is 6.37. The molecule has 0 amide bonds. The number of benzene rings is 2. The van der Waals surface area contributed by atoms with Crippen LogP contribution in [0.3, 0.4) is 0 Å². The molecule has 1 aliphatic rings. The molecule has 0 aromatic heterocycles. The van der Waals surface area contributed by atoms with Gasteiger partial charge in [-0.2, -0.15) is 5.10 Å². The van der Waals surface area contributed by atoms with Crippen molar-refractivity contribution in [3.8, 4) is 0 Å². The van der Waals surface area contributed by atoms with Gasteiger partial charge in [-0.05, 0) is 37.1 Å². The van der Waals surface area contributed by atoms with E-state index in [-0.39, 0.29) is 11.8 Å². The van der Waals surface area contributed by atoms with Gasteiger partial charge in [-0.1, -0.05) is 47.5 Å². The third-order valence-corrected chi connectivity index (χ3v) is 4.27. The lowest BCUT2D eigenvalue weighted by atomic mass is 10.00. The highest BCUT2D eigenvalue weighted by Gasteiger charge is 2.33. The van der Waals surface area contributed by atoms with E-state index in [1.54, 1.807) is 5.01 Å². The number of carboxylic acid groups (broad SMARTS) is 1. The van der Waals surface area contributed by atoms with Gasteiger partial charge in [-0.3, -0.25) is 5.01 Å². The Morgan fingerprint density at radius 3 is 2.43 bits per heavy atom. The maximum absolute atomic E-state index is 11.4. The van der Waals surface area contributed by atoms with Crippen LogP contribution in [-0.4, -0.2) is 16.8 Å². The van der Waals surface area contributed by atoms with Gasteiger partial charge >= 0.3 is 5.97 Å². The lowest BCUT2D eigenvalue weighted by molar-refractivity contribution is -0.129. The van der Waals surface area contributed by atoms with Crippen LogP contribution in [0.4, 0.5) is 5.69 Å². The predicted octanol–water partition coefficient (Wildman–Crippen LogP) is 4.35. The van der Waals surface area contributed by atoms with Crippen molar-refractivity contribution < 1.29 is 9.90 Å². The Morgan fingerprint density at radius 1 is 1.17 bits per heavy atom. The summed E-state index contributed by atoms with van der Waals surface area (Å²) in [5.41, 5.74) is 4.09. The number of halogens is 1. The number of carbonyl (C=O) groups is 1. The summed E-state index contributed by atoms with van der Waals surface area (Å²) in [4.78, 5) is 11.4. The largest absolute Gasteiger partial charge is 0.477 e. The molecule has 2 aromatic rings. The minimum absolute atomic E-state index is 0.146. The van der Waals surface area contributed by atoms with Crippen LogP contribution in [0.2, 0.25) is 5.02 Å². The van der Waals surface area contributed by atoms with E-state index in [0.29, 0.717) is 11.4 Å². The SMILES string of the molecule is Cc1ccc(C2CC(C(=O)O)=NN2c2ccc(C)cc2Cl)cc1. The third kappa shape index (κ3) is 3.08. The monoisotopic (exact) mass is 328 g/mol. The number of hydrazone groups is 1. The fourth-order valence-corrected chi connectivity index (χ4v) is 3.03. The molecule has 4 nitrogen and oxygen atoms in total. The Morgan fingerprint density at radius 2 is 1.83 bits per heavy atom. The Balaban J connectivity index is 2.04. The van der Waals surface area contributed by atoms with Crippen LogP contribution in [-0.2, 0) is 4.79 Å². The molecule has 1 atom stereocenters. The van der Waals surface area contributed by atoms with Crippen molar-refractivity contribution in [2.45, 2.75) is 26.3 Å². The molecule has 23 heavy (non-hydrogen) atoms. The van der Waals surface area contributed by atoms with Crippen LogP contribution in [0.25, 0.3) is 0 Å². The van der Waals surface area contributed by atoms with E-state index in [1.807, 2.05) is 56.3 Å². The number of anilines is 1. The number of aliphatic carboxylic acids is 1. The van der Waals surface area contributed by atoms with Crippen LogP contribution in [0.1, 0.15) is 29.2 Å². The molecule has 3 rings (SSSR count). The van der Waals surface area contributed by atoms with Gasteiger partial charge in [-0.15, -0.1) is 0 Å². The van der Waals surface area contributed by atoms with E-state index in [9.17, 15) is 9.90 Å². The molecule has 0 fully saturated rings. The second-order valence-electron chi connectivity index (χ2n) is 5.78. The first-order valence-electron chi connectivity index (χ1n) is 7.38. The van der Waals surface area contributed by atoms with Crippen molar-refractivity contribution in [2.24, 2.45) is 5.10 Å². The Labute approximate surface area is 140 Å². The molecular weight excluding hydrogens is 312 g/mol. The van der Waals surface area contributed by atoms with E-state index < -0.39 is 5.97 Å². The lowest BCUT2D eigenvalue weighted by Crippen LogP contribution is -2.19. The molecule has 1 heterocycles. The molecule has 5 heteroatoms. The molecule has 0 saturated carbocycles. The van der Waals surface area contributed by atoms with Gasteiger partial charge in [0.2, 0.25) is 0 Å². The molecule has 0 bridgehead atoms. The summed E-state index contributed by atoms with van der Waals surface area (Å²) in [5, 5.41) is 15.9. The molecule has 2 aromatic carbocycles. The number of hydrogen-bond acceptors (Lipinski definition) is 3. The Kier molecular flexibility index (Phi) is 4.09. The van der Waals surface area contributed by atoms with E-state index in [1.165, 1.54) is 0 Å². The van der Waals surface area contributed by atoms with Crippen LogP contribution >= 0.6 is 11.6 Å². The van der Waals surface area contributed by atoms with Crippen LogP contribution < -0.4 is 5.01 Å². The fraction of sp³-hybridized carbons (Fsp3) is 0.222. The minimum Gasteiger partial charge on any atom is -0.477 e. The third-order valence-electron chi connectivity index (χ3n) is 3.97. The summed E-state index contributed by atoms with van der Waals surface area (Å²) in [7, 11) is 0. The predicted molar refractivity (Wildman–Crippen MR) is 92.3 cm³/mol. The molecule has 0 aliphatic carbocycles. The molecule has 1 aliphatic heterocycles. The summed E-state index contributed by atoms with van der Waals surface area (Å²) in [6.45, 7) is 3.98. The number of aryl methyl sites for hydroxylation is 2. The number of carboxylic acids is 1. The van der Waals surface area contributed by atoms with Gasteiger partial charge in [0.05, 0.1) is 16.8 Å². The van der Waals surface area contributed by atoms with Crippen molar-refractivity contribution in [3.05, 3.63) is 64.2 Å². The average Bonchev–Trinajstić information content (AvgIpc) is 2.93. The Bertz CT molecular complexity index is 784. The van der Waals surface area contributed by atoms with Gasteiger partial charge in [-0.25, -0.2) is 4.79 Å². The quantitative estimate of drug-likeness (QED) is 0.911. The topological polar surface area (TPSA) is 52.9 Å². The molecule has 0 radical (unpaired) electrons. The van der Waals surface area contributed by atoms with Crippen LogP contribution in [0.5, 0.6) is 0 Å². The number of nitrogens with zero attached hydrogens (tertiary/aromatic N) is 2. The summed E-state index contributed by atoms with van der Waals surface area (Å²) < 4.78 is 0. The maximum atomic E-state index is 11.4. The second kappa shape index (κ2) is 6.05. The molecule has 118 valence electrons. The highest BCUT2D eigenvalue weighted by atomic mass is 35.5. The summed E-state index contributed by atoms with van der Waals surface area (Å²) in [6.07, 6.45) is 0.350. The Hall–Kier alpha value is -2.33. The van der Waals surface area contributed by atoms with Crippen LogP contribution in [0, 0.1) is 13.8 Å². The first kappa shape index (κ1) is 15.6. The summed E-state index contributed by atoms with van der Waals surface area (Å²) in [6, 6.07) is 13.6. The molecule has 0 spiro atoms.